The van der Waals surface area contributed by atoms with Crippen LogP contribution in [0.5, 0.6) is 0 Å². The fourth-order valence-corrected chi connectivity index (χ4v) is 4.15. The number of H-pyrrole nitrogens is 1. The van der Waals surface area contributed by atoms with Crippen LogP contribution in [0.3, 0.4) is 0 Å². The van der Waals surface area contributed by atoms with Crippen LogP contribution in [0.25, 0.3) is 16.6 Å². The number of nitrogens with zero attached hydrogens (tertiary/aromatic N) is 1. The van der Waals surface area contributed by atoms with Crippen molar-refractivity contribution in [2.45, 2.75) is 57.6 Å². The Kier molecular flexibility index (Phi) is 5.16. The third kappa shape index (κ3) is 4.00. The molecule has 2 aromatic heterocycles. The number of hydrogen-bond acceptors (Lipinski definition) is 4. The van der Waals surface area contributed by atoms with E-state index in [1.165, 1.54) is 22.1 Å². The molecule has 1 aliphatic heterocycles. The van der Waals surface area contributed by atoms with E-state index in [0.29, 0.717) is 5.92 Å². The maximum Gasteiger partial charge on any atom is 0.407 e. The average Bonchev–Trinajstić information content (AvgIpc) is 3.28. The molecule has 3 heterocycles. The molecule has 1 amide bonds. The number of ether oxygens (including phenoxy) is 1. The zero-order valence-electron chi connectivity index (χ0n) is 16.0. The largest absolute Gasteiger partial charge is 0.446 e. The minimum Gasteiger partial charge on any atom is -0.446 e. The number of nitrogens with one attached hydrogen (secondary N) is 3. The fraction of sp³-hybridized carbons (Fsp3) is 0.524. The van der Waals surface area contributed by atoms with Crippen molar-refractivity contribution < 1.29 is 9.53 Å². The third-order valence-electron chi connectivity index (χ3n) is 5.50. The molecule has 0 saturated heterocycles. The molecule has 4 rings (SSSR count). The summed E-state index contributed by atoms with van der Waals surface area (Å²) in [6.07, 6.45) is 9.84. The fourth-order valence-electron chi connectivity index (χ4n) is 4.15. The highest BCUT2D eigenvalue weighted by molar-refractivity contribution is 5.91. The molecule has 0 aromatic carbocycles. The lowest BCUT2D eigenvalue weighted by Crippen LogP contribution is -2.33. The molecular formula is C21H28N4O2. The van der Waals surface area contributed by atoms with E-state index in [1.807, 2.05) is 20.0 Å². The van der Waals surface area contributed by atoms with Gasteiger partial charge in [-0.2, -0.15) is 0 Å². The molecule has 2 aliphatic rings. The molecule has 2 aromatic rings. The van der Waals surface area contributed by atoms with Gasteiger partial charge in [-0.25, -0.2) is 9.78 Å². The number of rotatable bonds is 4. The van der Waals surface area contributed by atoms with E-state index in [0.717, 1.165) is 44.4 Å². The standard InChI is InChI=1S/C21H28N4O2/c1-13(2)25-21(26)27-17-4-3-15(9-17)16-10-18-19(12-24-20(18)23-11-16)14-5-7-22-8-6-14/h5,10-13,15,17,22H,3-4,6-9H2,1-2H3,(H,23,24)(H,25,26)/t15-,17+/m0/s1. The second kappa shape index (κ2) is 7.72. The minimum atomic E-state index is -0.310. The number of hydrogen-bond donors (Lipinski definition) is 3. The predicted molar refractivity (Wildman–Crippen MR) is 107 cm³/mol. The van der Waals surface area contributed by atoms with Crippen LogP contribution in [0.15, 0.2) is 24.5 Å². The first-order valence-electron chi connectivity index (χ1n) is 9.94. The van der Waals surface area contributed by atoms with E-state index in [4.69, 9.17) is 4.74 Å². The topological polar surface area (TPSA) is 79.0 Å². The van der Waals surface area contributed by atoms with Crippen molar-refractivity contribution in [2.24, 2.45) is 0 Å². The summed E-state index contributed by atoms with van der Waals surface area (Å²) in [7, 11) is 0. The van der Waals surface area contributed by atoms with Gasteiger partial charge >= 0.3 is 6.09 Å². The first-order valence-corrected chi connectivity index (χ1v) is 9.94. The summed E-state index contributed by atoms with van der Waals surface area (Å²) in [5.74, 6) is 0.392. The maximum absolute atomic E-state index is 11.9. The highest BCUT2D eigenvalue weighted by Crippen LogP contribution is 2.37. The molecule has 0 spiro atoms. The summed E-state index contributed by atoms with van der Waals surface area (Å²) in [4.78, 5) is 19.8. The summed E-state index contributed by atoms with van der Waals surface area (Å²) >= 11 is 0. The molecular weight excluding hydrogens is 340 g/mol. The normalized spacial score (nSPS) is 22.9. The first-order chi connectivity index (χ1) is 13.1. The highest BCUT2D eigenvalue weighted by Gasteiger charge is 2.29. The quantitative estimate of drug-likeness (QED) is 0.769. The van der Waals surface area contributed by atoms with Crippen molar-refractivity contribution >= 4 is 22.7 Å². The van der Waals surface area contributed by atoms with Gasteiger partial charge in [-0.1, -0.05) is 6.08 Å². The second-order valence-corrected chi connectivity index (χ2v) is 7.89. The first kappa shape index (κ1) is 18.0. The van der Waals surface area contributed by atoms with Crippen molar-refractivity contribution in [2.75, 3.05) is 13.1 Å². The SMILES string of the molecule is CC(C)NC(=O)O[C@@H]1CC[C@H](c2cnc3[nH]cc(C4=CCNCC4)c3c2)C1. The third-order valence-corrected chi connectivity index (χ3v) is 5.50. The molecule has 2 atom stereocenters. The zero-order valence-corrected chi connectivity index (χ0v) is 16.0. The smallest absolute Gasteiger partial charge is 0.407 e. The Morgan fingerprint density at radius 3 is 3.04 bits per heavy atom. The molecule has 1 saturated carbocycles. The van der Waals surface area contributed by atoms with Gasteiger partial charge in [0, 0.05) is 35.9 Å². The number of carbonyl (C=O) groups is 1. The predicted octanol–water partition coefficient (Wildman–Crippen LogP) is 3.71. The van der Waals surface area contributed by atoms with Crippen molar-refractivity contribution in [3.63, 3.8) is 0 Å². The van der Waals surface area contributed by atoms with Crippen LogP contribution < -0.4 is 10.6 Å². The lowest BCUT2D eigenvalue weighted by atomic mass is 9.95. The molecule has 144 valence electrons. The van der Waals surface area contributed by atoms with Crippen LogP contribution in [0.2, 0.25) is 0 Å². The van der Waals surface area contributed by atoms with Gasteiger partial charge in [-0.3, -0.25) is 0 Å². The Labute approximate surface area is 159 Å². The summed E-state index contributed by atoms with van der Waals surface area (Å²) in [5.41, 5.74) is 4.84. The molecule has 0 bridgehead atoms. The molecule has 1 aliphatic carbocycles. The van der Waals surface area contributed by atoms with Crippen molar-refractivity contribution in [3.05, 3.63) is 35.7 Å². The Morgan fingerprint density at radius 2 is 2.26 bits per heavy atom. The van der Waals surface area contributed by atoms with Gasteiger partial charge in [0.05, 0.1) is 0 Å². The van der Waals surface area contributed by atoms with Gasteiger partial charge in [0.15, 0.2) is 0 Å². The number of pyridine rings is 1. The summed E-state index contributed by atoms with van der Waals surface area (Å²) in [6.45, 7) is 5.82. The lowest BCUT2D eigenvalue weighted by molar-refractivity contribution is 0.0982. The Balaban J connectivity index is 1.49. The minimum absolute atomic E-state index is 0.0118. The molecule has 1 fully saturated rings. The number of aromatic nitrogens is 2. The lowest BCUT2D eigenvalue weighted by Gasteiger charge is -2.15. The van der Waals surface area contributed by atoms with E-state index in [9.17, 15) is 4.79 Å². The highest BCUT2D eigenvalue weighted by atomic mass is 16.6. The van der Waals surface area contributed by atoms with Crippen LogP contribution in [0.1, 0.15) is 56.6 Å². The Hall–Kier alpha value is -2.34. The van der Waals surface area contributed by atoms with Gasteiger partial charge in [0.1, 0.15) is 11.8 Å². The average molecular weight is 368 g/mol. The van der Waals surface area contributed by atoms with Crippen LogP contribution in [0, 0.1) is 0 Å². The van der Waals surface area contributed by atoms with Gasteiger partial charge in [-0.05, 0) is 69.2 Å². The van der Waals surface area contributed by atoms with Crippen LogP contribution >= 0.6 is 0 Å². The summed E-state index contributed by atoms with van der Waals surface area (Å²) < 4.78 is 5.57. The Bertz CT molecular complexity index is 855. The zero-order chi connectivity index (χ0) is 18.8. The number of alkyl carbamates (subject to hydrolysis) is 1. The van der Waals surface area contributed by atoms with E-state index in [-0.39, 0.29) is 18.2 Å². The van der Waals surface area contributed by atoms with Gasteiger partial charge in [0.25, 0.3) is 0 Å². The van der Waals surface area contributed by atoms with Gasteiger partial charge < -0.3 is 20.4 Å². The van der Waals surface area contributed by atoms with Crippen LogP contribution in [-0.2, 0) is 4.74 Å². The molecule has 27 heavy (non-hydrogen) atoms. The number of amides is 1. The van der Waals surface area contributed by atoms with Gasteiger partial charge in [-0.15, -0.1) is 0 Å². The molecule has 6 nitrogen and oxygen atoms in total. The number of aromatic amines is 1. The molecule has 0 unspecified atom stereocenters. The van der Waals surface area contributed by atoms with Crippen molar-refractivity contribution in [1.29, 1.82) is 0 Å². The van der Waals surface area contributed by atoms with E-state index >= 15 is 0 Å². The number of carbonyl (C=O) groups excluding carboxylic acids is 1. The molecule has 0 radical (unpaired) electrons. The maximum atomic E-state index is 11.9. The monoisotopic (exact) mass is 368 g/mol. The van der Waals surface area contributed by atoms with Gasteiger partial charge in [0.2, 0.25) is 0 Å². The van der Waals surface area contributed by atoms with Crippen molar-refractivity contribution in [3.8, 4) is 0 Å². The van der Waals surface area contributed by atoms with Crippen molar-refractivity contribution in [1.82, 2.24) is 20.6 Å². The second-order valence-electron chi connectivity index (χ2n) is 7.89. The summed E-state index contributed by atoms with van der Waals surface area (Å²) in [5, 5.41) is 7.36. The number of fused-ring (bicyclic) bond motifs is 1. The van der Waals surface area contributed by atoms with Crippen LogP contribution in [-0.4, -0.2) is 41.3 Å². The van der Waals surface area contributed by atoms with E-state index in [1.54, 1.807) is 0 Å². The molecule has 6 heteroatoms. The summed E-state index contributed by atoms with van der Waals surface area (Å²) in [6, 6.07) is 2.37. The van der Waals surface area contributed by atoms with E-state index < -0.39 is 0 Å². The van der Waals surface area contributed by atoms with Crippen LogP contribution in [0.4, 0.5) is 4.79 Å². The Morgan fingerprint density at radius 1 is 1.37 bits per heavy atom. The van der Waals surface area contributed by atoms with E-state index in [2.05, 4.69) is 38.9 Å². The molecule has 3 N–H and O–H groups in total.